The Balaban J connectivity index is 1.67. The average Bonchev–Trinajstić information content (AvgIpc) is 3.28. The molecule has 4 rings (SSSR count). The Bertz CT molecular complexity index is 1130. The molecule has 0 radical (unpaired) electrons. The molecule has 160 valence electrons. The Morgan fingerprint density at radius 2 is 1.77 bits per heavy atom. The largest absolute Gasteiger partial charge is 0.384 e. The van der Waals surface area contributed by atoms with Gasteiger partial charge in [0.1, 0.15) is 15.5 Å². The van der Waals surface area contributed by atoms with E-state index in [2.05, 4.69) is 20.7 Å². The number of aryl methyl sites for hydroxylation is 3. The maximum atomic E-state index is 13.1. The molecule has 0 saturated heterocycles. The number of nitrogens with two attached hydrogens (primary N) is 1. The zero-order chi connectivity index (χ0) is 21.7. The summed E-state index contributed by atoms with van der Waals surface area (Å²) in [6.07, 6.45) is 6.05. The van der Waals surface area contributed by atoms with E-state index >= 15 is 0 Å². The van der Waals surface area contributed by atoms with Crippen LogP contribution in [-0.2, 0) is 41.2 Å². The summed E-state index contributed by atoms with van der Waals surface area (Å²) in [6.45, 7) is 4.87. The number of aliphatic hydroxyl groups is 1. The van der Waals surface area contributed by atoms with Crippen molar-refractivity contribution >= 4 is 21.6 Å². The molecule has 1 aromatic heterocycles. The van der Waals surface area contributed by atoms with E-state index in [1.165, 1.54) is 28.3 Å². The van der Waals surface area contributed by atoms with Crippen LogP contribution in [0.25, 0.3) is 0 Å². The van der Waals surface area contributed by atoms with E-state index in [1.54, 1.807) is 26.8 Å². The molecular formula is C22H28N4O3S. The molecule has 1 atom stereocenters. The molecule has 2 amide bonds. The van der Waals surface area contributed by atoms with Gasteiger partial charge >= 0.3 is 6.03 Å². The van der Waals surface area contributed by atoms with Gasteiger partial charge in [-0.2, -0.15) is 0 Å². The second-order valence-electron chi connectivity index (χ2n) is 8.66. The zero-order valence-electron chi connectivity index (χ0n) is 17.6. The van der Waals surface area contributed by atoms with Gasteiger partial charge in [0.25, 0.3) is 0 Å². The standard InChI is InChI=1S/C22H28N4O3S/c1-13-18(10-11-19(24-13)22(2,3)28)30(23,29)26-21(27)25-20-16-8-4-6-14(16)12-15-7-5-9-17(15)20/h10-12,28H,4-9H2,1-3H3,(H3,23,25,26,27,29)/t30-/m1/s1. The molecule has 0 fully saturated rings. The number of carbonyl (C=O) groups is 1. The highest BCUT2D eigenvalue weighted by Crippen LogP contribution is 2.38. The van der Waals surface area contributed by atoms with Crippen molar-refractivity contribution in [3.63, 3.8) is 0 Å². The van der Waals surface area contributed by atoms with Gasteiger partial charge in [0.15, 0.2) is 0 Å². The van der Waals surface area contributed by atoms with Crippen LogP contribution in [0, 0.1) is 6.92 Å². The van der Waals surface area contributed by atoms with Gasteiger partial charge in [-0.15, -0.1) is 4.36 Å². The van der Waals surface area contributed by atoms with E-state index in [0.717, 1.165) is 44.2 Å². The van der Waals surface area contributed by atoms with E-state index in [-0.39, 0.29) is 4.90 Å². The highest BCUT2D eigenvalue weighted by Gasteiger charge is 2.26. The fourth-order valence-electron chi connectivity index (χ4n) is 4.47. The lowest BCUT2D eigenvalue weighted by molar-refractivity contribution is 0.0735. The van der Waals surface area contributed by atoms with Crippen molar-refractivity contribution in [2.45, 2.75) is 69.8 Å². The fraction of sp³-hybridized carbons (Fsp3) is 0.455. The predicted octanol–water partition coefficient (Wildman–Crippen LogP) is 3.53. The maximum absolute atomic E-state index is 13.1. The van der Waals surface area contributed by atoms with Crippen molar-refractivity contribution < 1.29 is 14.1 Å². The van der Waals surface area contributed by atoms with Gasteiger partial charge in [0, 0.05) is 5.69 Å². The number of carbonyl (C=O) groups excluding carboxylic acids is 1. The van der Waals surface area contributed by atoms with E-state index in [4.69, 9.17) is 5.14 Å². The number of amides is 2. The van der Waals surface area contributed by atoms with Crippen LogP contribution in [0.2, 0.25) is 0 Å². The lowest BCUT2D eigenvalue weighted by atomic mass is 9.99. The minimum Gasteiger partial charge on any atom is -0.384 e. The minimum atomic E-state index is -3.48. The minimum absolute atomic E-state index is 0.189. The summed E-state index contributed by atoms with van der Waals surface area (Å²) in [5.74, 6) is 0. The number of nitrogens with one attached hydrogen (secondary N) is 1. The summed E-state index contributed by atoms with van der Waals surface area (Å²) in [7, 11) is -3.48. The van der Waals surface area contributed by atoms with Crippen molar-refractivity contribution in [2.75, 3.05) is 5.32 Å². The number of fused-ring (bicyclic) bond motifs is 2. The molecule has 2 aliphatic carbocycles. The van der Waals surface area contributed by atoms with E-state index in [1.807, 2.05) is 0 Å². The molecule has 0 bridgehead atoms. The first kappa shape index (κ1) is 21.0. The highest BCUT2D eigenvalue weighted by molar-refractivity contribution is 7.91. The first-order valence-electron chi connectivity index (χ1n) is 10.3. The first-order chi connectivity index (χ1) is 14.1. The van der Waals surface area contributed by atoms with Crippen LogP contribution in [0.4, 0.5) is 10.5 Å². The Kier molecular flexibility index (Phi) is 5.20. The Labute approximate surface area is 177 Å². The van der Waals surface area contributed by atoms with Gasteiger partial charge in [-0.1, -0.05) is 6.07 Å². The summed E-state index contributed by atoms with van der Waals surface area (Å²) in [4.78, 5) is 17.2. The number of aromatic nitrogens is 1. The van der Waals surface area contributed by atoms with Crippen LogP contribution in [-0.4, -0.2) is 20.3 Å². The first-order valence-corrected chi connectivity index (χ1v) is 11.9. The van der Waals surface area contributed by atoms with Crippen molar-refractivity contribution in [1.29, 1.82) is 0 Å². The van der Waals surface area contributed by atoms with Crippen LogP contribution in [0.15, 0.2) is 27.5 Å². The van der Waals surface area contributed by atoms with Gasteiger partial charge in [-0.05, 0) is 93.7 Å². The second kappa shape index (κ2) is 7.44. The lowest BCUT2D eigenvalue weighted by Gasteiger charge is -2.18. The molecule has 2 aliphatic rings. The normalized spacial score (nSPS) is 17.2. The summed E-state index contributed by atoms with van der Waals surface area (Å²) in [5.41, 5.74) is 5.45. The van der Waals surface area contributed by atoms with Crippen molar-refractivity contribution in [2.24, 2.45) is 9.50 Å². The van der Waals surface area contributed by atoms with Gasteiger partial charge in [0.2, 0.25) is 0 Å². The molecule has 4 N–H and O–H groups in total. The third-order valence-corrected chi connectivity index (χ3v) is 7.40. The number of pyridine rings is 1. The van der Waals surface area contributed by atoms with Gasteiger partial charge in [-0.3, -0.25) is 4.98 Å². The maximum Gasteiger partial charge on any atom is 0.354 e. The quantitative estimate of drug-likeness (QED) is 0.693. The lowest BCUT2D eigenvalue weighted by Crippen LogP contribution is -2.22. The summed E-state index contributed by atoms with van der Waals surface area (Å²) < 4.78 is 16.9. The van der Waals surface area contributed by atoms with Gasteiger partial charge in [-0.25, -0.2) is 14.1 Å². The third-order valence-electron chi connectivity index (χ3n) is 5.90. The monoisotopic (exact) mass is 428 g/mol. The SMILES string of the molecule is Cc1nc(C(C)(C)O)ccc1[S@](N)(=O)=NC(=O)Nc1c2c(cc3c1CCC3)CCC2. The number of hydrogen-bond acceptors (Lipinski definition) is 4. The van der Waals surface area contributed by atoms with E-state index in [9.17, 15) is 14.1 Å². The topological polar surface area (TPSA) is 118 Å². The third kappa shape index (κ3) is 3.87. The molecular weight excluding hydrogens is 400 g/mol. The zero-order valence-corrected chi connectivity index (χ0v) is 18.4. The van der Waals surface area contributed by atoms with Crippen LogP contribution in [0.5, 0.6) is 0 Å². The number of benzene rings is 1. The Hall–Kier alpha value is -2.29. The number of nitrogens with zero attached hydrogens (tertiary/aromatic N) is 2. The molecule has 2 aromatic rings. The van der Waals surface area contributed by atoms with Crippen LogP contribution in [0.3, 0.4) is 0 Å². The molecule has 0 saturated carbocycles. The molecule has 0 unspecified atom stereocenters. The molecule has 7 nitrogen and oxygen atoms in total. The molecule has 8 heteroatoms. The second-order valence-corrected chi connectivity index (χ2v) is 10.4. The van der Waals surface area contributed by atoms with Gasteiger partial charge < -0.3 is 10.4 Å². The van der Waals surface area contributed by atoms with E-state index in [0.29, 0.717) is 11.4 Å². The van der Waals surface area contributed by atoms with Crippen LogP contribution >= 0.6 is 0 Å². The van der Waals surface area contributed by atoms with Crippen molar-refractivity contribution in [3.8, 4) is 0 Å². The number of urea groups is 1. The van der Waals surface area contributed by atoms with Crippen LogP contribution < -0.4 is 10.5 Å². The molecule has 0 spiro atoms. The van der Waals surface area contributed by atoms with E-state index < -0.39 is 21.5 Å². The highest BCUT2D eigenvalue weighted by atomic mass is 32.2. The molecule has 1 aromatic carbocycles. The number of anilines is 1. The average molecular weight is 429 g/mol. The van der Waals surface area contributed by atoms with Gasteiger partial charge in [0.05, 0.1) is 16.3 Å². The Morgan fingerprint density at radius 3 is 2.30 bits per heavy atom. The fourth-order valence-corrected chi connectivity index (χ4v) is 5.59. The Morgan fingerprint density at radius 1 is 1.17 bits per heavy atom. The molecule has 0 aliphatic heterocycles. The van der Waals surface area contributed by atoms with Crippen molar-refractivity contribution in [3.05, 3.63) is 51.8 Å². The summed E-state index contributed by atoms with van der Waals surface area (Å²) in [6, 6.07) is 4.65. The molecule has 30 heavy (non-hydrogen) atoms. The number of hydrogen-bond donors (Lipinski definition) is 3. The summed E-state index contributed by atoms with van der Waals surface area (Å²) >= 11 is 0. The smallest absolute Gasteiger partial charge is 0.354 e. The van der Waals surface area contributed by atoms with Crippen molar-refractivity contribution in [1.82, 2.24) is 4.98 Å². The summed E-state index contributed by atoms with van der Waals surface area (Å²) in [5, 5.41) is 19.0. The molecule has 1 heterocycles. The number of rotatable bonds is 3. The van der Waals surface area contributed by atoms with Crippen LogP contribution in [0.1, 0.15) is 60.3 Å². The predicted molar refractivity (Wildman–Crippen MR) is 117 cm³/mol.